The normalized spacial score (nSPS) is 27.8. The van der Waals surface area contributed by atoms with Crippen molar-refractivity contribution in [1.29, 1.82) is 0 Å². The Morgan fingerprint density at radius 2 is 1.93 bits per heavy atom. The van der Waals surface area contributed by atoms with Crippen LogP contribution in [0.25, 0.3) is 0 Å². The standard InChI is InChI=1S/C18H31N5O3.HI/c1-3-19-16(20-12-13-6-10-26-11-7-13)23-8-4-14(5-9-23)18(2)15(24)21-17(25)22-18;/h13-14H,3-12H2,1-2H3,(H,19,20)(H2,21,22,24,25);1H. The van der Waals surface area contributed by atoms with Crippen molar-refractivity contribution < 1.29 is 14.3 Å². The van der Waals surface area contributed by atoms with E-state index in [2.05, 4.69) is 27.8 Å². The summed E-state index contributed by atoms with van der Waals surface area (Å²) in [6.45, 7) is 8.94. The Kier molecular flexibility index (Phi) is 8.14. The number of hydrogen-bond donors (Lipinski definition) is 3. The fraction of sp³-hybridized carbons (Fsp3) is 0.833. The molecule has 3 amide bonds. The van der Waals surface area contributed by atoms with Crippen LogP contribution in [0.1, 0.15) is 39.5 Å². The number of rotatable bonds is 4. The van der Waals surface area contributed by atoms with Crippen molar-refractivity contribution in [3.63, 3.8) is 0 Å². The van der Waals surface area contributed by atoms with E-state index >= 15 is 0 Å². The van der Waals surface area contributed by atoms with E-state index in [0.717, 1.165) is 71.0 Å². The van der Waals surface area contributed by atoms with Crippen LogP contribution in [0, 0.1) is 11.8 Å². The molecule has 3 fully saturated rings. The zero-order valence-corrected chi connectivity index (χ0v) is 18.6. The van der Waals surface area contributed by atoms with Gasteiger partial charge in [-0.05, 0) is 51.4 Å². The number of nitrogens with one attached hydrogen (secondary N) is 3. The molecule has 3 aliphatic rings. The highest BCUT2D eigenvalue weighted by molar-refractivity contribution is 14.0. The van der Waals surface area contributed by atoms with Gasteiger partial charge in [0.25, 0.3) is 5.91 Å². The zero-order valence-electron chi connectivity index (χ0n) is 16.3. The van der Waals surface area contributed by atoms with E-state index in [4.69, 9.17) is 9.73 Å². The summed E-state index contributed by atoms with van der Waals surface area (Å²) in [4.78, 5) is 30.8. The lowest BCUT2D eigenvalue weighted by atomic mass is 9.79. The lowest BCUT2D eigenvalue weighted by Crippen LogP contribution is -2.55. The molecule has 0 saturated carbocycles. The first-order valence-corrected chi connectivity index (χ1v) is 9.77. The van der Waals surface area contributed by atoms with Gasteiger partial charge in [0.05, 0.1) is 0 Å². The number of ether oxygens (including phenoxy) is 1. The molecule has 0 bridgehead atoms. The predicted molar refractivity (Wildman–Crippen MR) is 114 cm³/mol. The molecule has 1 unspecified atom stereocenters. The molecule has 0 aromatic heterocycles. The van der Waals surface area contributed by atoms with Gasteiger partial charge in [0.15, 0.2) is 5.96 Å². The average Bonchev–Trinajstić information content (AvgIpc) is 2.92. The van der Waals surface area contributed by atoms with Crippen molar-refractivity contribution >= 4 is 41.9 Å². The Bertz CT molecular complexity index is 559. The molecule has 3 N–H and O–H groups in total. The summed E-state index contributed by atoms with van der Waals surface area (Å²) in [5.74, 6) is 1.50. The summed E-state index contributed by atoms with van der Waals surface area (Å²) in [6, 6.07) is -0.383. The van der Waals surface area contributed by atoms with Gasteiger partial charge >= 0.3 is 6.03 Å². The largest absolute Gasteiger partial charge is 0.381 e. The van der Waals surface area contributed by atoms with E-state index in [1.165, 1.54) is 0 Å². The van der Waals surface area contributed by atoms with Crippen LogP contribution < -0.4 is 16.0 Å². The molecule has 0 aromatic carbocycles. The van der Waals surface area contributed by atoms with Crippen LogP contribution in [0.3, 0.4) is 0 Å². The number of amides is 3. The third-order valence-electron chi connectivity index (χ3n) is 5.86. The van der Waals surface area contributed by atoms with Crippen LogP contribution in [0.4, 0.5) is 4.79 Å². The number of aliphatic imine (C=N–C) groups is 1. The third kappa shape index (κ3) is 5.24. The summed E-state index contributed by atoms with van der Waals surface area (Å²) in [6.07, 6.45) is 3.87. The molecule has 0 spiro atoms. The molecule has 3 aliphatic heterocycles. The number of urea groups is 1. The Morgan fingerprint density at radius 3 is 2.48 bits per heavy atom. The van der Waals surface area contributed by atoms with Crippen LogP contribution in [0.15, 0.2) is 4.99 Å². The molecule has 154 valence electrons. The first kappa shape index (κ1) is 22.2. The Hall–Kier alpha value is -1.10. The maximum atomic E-state index is 12.1. The Morgan fingerprint density at radius 1 is 1.26 bits per heavy atom. The van der Waals surface area contributed by atoms with Gasteiger partial charge in [-0.2, -0.15) is 0 Å². The van der Waals surface area contributed by atoms with Crippen molar-refractivity contribution in [2.75, 3.05) is 39.4 Å². The van der Waals surface area contributed by atoms with Gasteiger partial charge in [-0.15, -0.1) is 24.0 Å². The maximum absolute atomic E-state index is 12.1. The number of nitrogens with zero attached hydrogens (tertiary/aromatic N) is 2. The number of guanidine groups is 1. The lowest BCUT2D eigenvalue weighted by Gasteiger charge is -2.39. The first-order chi connectivity index (χ1) is 12.5. The molecule has 8 nitrogen and oxygen atoms in total. The lowest BCUT2D eigenvalue weighted by molar-refractivity contribution is -0.125. The zero-order chi connectivity index (χ0) is 18.6. The van der Waals surface area contributed by atoms with Crippen LogP contribution in [0.2, 0.25) is 0 Å². The molecule has 0 aromatic rings. The summed E-state index contributed by atoms with van der Waals surface area (Å²) < 4.78 is 5.42. The third-order valence-corrected chi connectivity index (χ3v) is 5.86. The second-order valence-corrected chi connectivity index (χ2v) is 7.62. The minimum Gasteiger partial charge on any atom is -0.381 e. The second kappa shape index (κ2) is 9.90. The van der Waals surface area contributed by atoms with Gasteiger partial charge in [-0.1, -0.05) is 0 Å². The fourth-order valence-electron chi connectivity index (χ4n) is 4.08. The molecule has 27 heavy (non-hydrogen) atoms. The molecule has 3 rings (SSSR count). The summed E-state index contributed by atoms with van der Waals surface area (Å²) in [5.41, 5.74) is -0.791. The number of likely N-dealkylation sites (tertiary alicyclic amines) is 1. The number of hydrogen-bond acceptors (Lipinski definition) is 4. The van der Waals surface area contributed by atoms with E-state index in [1.54, 1.807) is 0 Å². The molecule has 1 atom stereocenters. The number of halogens is 1. The van der Waals surface area contributed by atoms with Crippen LogP contribution in [-0.4, -0.2) is 67.7 Å². The average molecular weight is 493 g/mol. The molecular formula is C18H32IN5O3. The highest BCUT2D eigenvalue weighted by Gasteiger charge is 2.48. The predicted octanol–water partition coefficient (Wildman–Crippen LogP) is 1.31. The smallest absolute Gasteiger partial charge is 0.322 e. The number of carbonyl (C=O) groups is 2. The van der Waals surface area contributed by atoms with Crippen LogP contribution >= 0.6 is 24.0 Å². The first-order valence-electron chi connectivity index (χ1n) is 9.77. The molecule has 3 heterocycles. The van der Waals surface area contributed by atoms with Crippen LogP contribution in [-0.2, 0) is 9.53 Å². The highest BCUT2D eigenvalue weighted by atomic mass is 127. The minimum atomic E-state index is -0.791. The summed E-state index contributed by atoms with van der Waals surface area (Å²) >= 11 is 0. The van der Waals surface area contributed by atoms with Gasteiger partial charge < -0.3 is 20.3 Å². The Balaban J connectivity index is 0.00000261. The van der Waals surface area contributed by atoms with Crippen molar-refractivity contribution in [2.24, 2.45) is 16.8 Å². The summed E-state index contributed by atoms with van der Waals surface area (Å²) in [5, 5.41) is 8.58. The van der Waals surface area contributed by atoms with Gasteiger partial charge in [0, 0.05) is 39.4 Å². The molecule has 0 radical (unpaired) electrons. The van der Waals surface area contributed by atoms with E-state index < -0.39 is 5.54 Å². The van der Waals surface area contributed by atoms with E-state index in [9.17, 15) is 9.59 Å². The maximum Gasteiger partial charge on any atom is 0.322 e. The van der Waals surface area contributed by atoms with E-state index in [-0.39, 0.29) is 41.8 Å². The quantitative estimate of drug-likeness (QED) is 0.238. The highest BCUT2D eigenvalue weighted by Crippen LogP contribution is 2.30. The van der Waals surface area contributed by atoms with Crippen LogP contribution in [0.5, 0.6) is 0 Å². The van der Waals surface area contributed by atoms with Crippen molar-refractivity contribution in [3.8, 4) is 0 Å². The Labute approximate surface area is 178 Å². The minimum absolute atomic E-state index is 0. The number of carbonyl (C=O) groups excluding carboxylic acids is 2. The topological polar surface area (TPSA) is 95.1 Å². The number of piperidine rings is 1. The van der Waals surface area contributed by atoms with E-state index in [0.29, 0.717) is 5.92 Å². The second-order valence-electron chi connectivity index (χ2n) is 7.62. The van der Waals surface area contributed by atoms with E-state index in [1.807, 2.05) is 6.92 Å². The van der Waals surface area contributed by atoms with Gasteiger partial charge in [0.1, 0.15) is 5.54 Å². The fourth-order valence-corrected chi connectivity index (χ4v) is 4.08. The SMILES string of the molecule is CCNC(=NCC1CCOCC1)N1CCC(C2(C)NC(=O)NC2=O)CC1.I. The molecule has 3 saturated heterocycles. The van der Waals surface area contributed by atoms with Crippen molar-refractivity contribution in [1.82, 2.24) is 20.9 Å². The molecule has 9 heteroatoms. The van der Waals surface area contributed by atoms with Crippen molar-refractivity contribution in [2.45, 2.75) is 45.1 Å². The number of imide groups is 1. The monoisotopic (exact) mass is 493 g/mol. The van der Waals surface area contributed by atoms with Gasteiger partial charge in [-0.25, -0.2) is 4.79 Å². The molecule has 0 aliphatic carbocycles. The summed E-state index contributed by atoms with van der Waals surface area (Å²) in [7, 11) is 0. The van der Waals surface area contributed by atoms with Gasteiger partial charge in [0.2, 0.25) is 0 Å². The molecular weight excluding hydrogens is 461 g/mol. The van der Waals surface area contributed by atoms with Crippen molar-refractivity contribution in [3.05, 3.63) is 0 Å². The van der Waals surface area contributed by atoms with Gasteiger partial charge in [-0.3, -0.25) is 15.1 Å².